The van der Waals surface area contributed by atoms with Gasteiger partial charge in [0.1, 0.15) is 0 Å². The summed E-state index contributed by atoms with van der Waals surface area (Å²) < 4.78 is 0. The summed E-state index contributed by atoms with van der Waals surface area (Å²) in [7, 11) is 0. The van der Waals surface area contributed by atoms with Gasteiger partial charge < -0.3 is 10.0 Å². The summed E-state index contributed by atoms with van der Waals surface area (Å²) in [5, 5.41) is 9.03. The Morgan fingerprint density at radius 2 is 1.88 bits per heavy atom. The fourth-order valence-electron chi connectivity index (χ4n) is 2.24. The van der Waals surface area contributed by atoms with Crippen molar-refractivity contribution in [1.29, 1.82) is 0 Å². The molecule has 0 spiro atoms. The van der Waals surface area contributed by atoms with Crippen LogP contribution in [0.5, 0.6) is 0 Å². The van der Waals surface area contributed by atoms with Crippen LogP contribution in [0.25, 0.3) is 11.0 Å². The number of hydrogen-bond donors (Lipinski definition) is 1. The summed E-state index contributed by atoms with van der Waals surface area (Å²) in [5.74, 6) is 1.34. The van der Waals surface area contributed by atoms with Gasteiger partial charge in [-0.25, -0.2) is 9.97 Å². The van der Waals surface area contributed by atoms with Crippen LogP contribution >= 0.6 is 0 Å². The van der Waals surface area contributed by atoms with Gasteiger partial charge in [-0.2, -0.15) is 0 Å². The van der Waals surface area contributed by atoms with Gasteiger partial charge in [0, 0.05) is 25.6 Å². The summed E-state index contributed by atoms with van der Waals surface area (Å²) in [6.45, 7) is 4.01. The van der Waals surface area contributed by atoms with E-state index in [9.17, 15) is 0 Å². The summed E-state index contributed by atoms with van der Waals surface area (Å²) in [6.07, 6.45) is 0. The van der Waals surface area contributed by atoms with E-state index in [4.69, 9.17) is 5.11 Å². The van der Waals surface area contributed by atoms with Gasteiger partial charge in [0.15, 0.2) is 5.82 Å². The maximum Gasteiger partial charge on any atom is 0.150 e. The minimum atomic E-state index is 0.260. The Morgan fingerprint density at radius 3 is 2.53 bits per heavy atom. The molecular formula is C13H15N3O. The Balaban J connectivity index is 1.97. The lowest BCUT2D eigenvalue weighted by atomic mass is 10.0. The van der Waals surface area contributed by atoms with Crippen molar-refractivity contribution in [3.63, 3.8) is 0 Å². The molecule has 17 heavy (non-hydrogen) atoms. The fraction of sp³-hybridized carbons (Fsp3) is 0.385. The van der Waals surface area contributed by atoms with Crippen molar-refractivity contribution < 1.29 is 5.11 Å². The molecule has 4 nitrogen and oxygen atoms in total. The quantitative estimate of drug-likeness (QED) is 0.845. The number of aromatic nitrogens is 2. The maximum absolute atomic E-state index is 9.03. The molecule has 88 valence electrons. The van der Waals surface area contributed by atoms with Crippen LogP contribution in [0.2, 0.25) is 0 Å². The van der Waals surface area contributed by atoms with Gasteiger partial charge in [0.05, 0.1) is 16.7 Å². The fourth-order valence-corrected chi connectivity index (χ4v) is 2.24. The highest BCUT2D eigenvalue weighted by molar-refractivity contribution is 5.76. The normalized spacial score (nSPS) is 16.2. The van der Waals surface area contributed by atoms with Crippen LogP contribution < -0.4 is 4.90 Å². The first-order valence-corrected chi connectivity index (χ1v) is 5.87. The lowest BCUT2D eigenvalue weighted by molar-refractivity contribution is 0.200. The second kappa shape index (κ2) is 3.96. The average molecular weight is 229 g/mol. The molecule has 2 heterocycles. The highest BCUT2D eigenvalue weighted by Crippen LogP contribution is 2.26. The average Bonchev–Trinajstić information content (AvgIpc) is 2.28. The number of aliphatic hydroxyl groups excluding tert-OH is 1. The van der Waals surface area contributed by atoms with Crippen molar-refractivity contribution in [2.24, 2.45) is 5.92 Å². The van der Waals surface area contributed by atoms with Crippen LogP contribution in [-0.2, 0) is 0 Å². The van der Waals surface area contributed by atoms with E-state index in [0.717, 1.165) is 35.6 Å². The minimum absolute atomic E-state index is 0.260. The van der Waals surface area contributed by atoms with Crippen LogP contribution in [0.15, 0.2) is 24.3 Å². The molecule has 3 rings (SSSR count). The molecule has 0 saturated carbocycles. The van der Waals surface area contributed by atoms with E-state index >= 15 is 0 Å². The molecule has 1 fully saturated rings. The van der Waals surface area contributed by atoms with E-state index in [1.54, 1.807) is 0 Å². The molecule has 1 saturated heterocycles. The molecule has 4 heteroatoms. The van der Waals surface area contributed by atoms with Gasteiger partial charge in [-0.15, -0.1) is 0 Å². The number of nitrogens with zero attached hydrogens (tertiary/aromatic N) is 3. The summed E-state index contributed by atoms with van der Waals surface area (Å²) in [5.41, 5.74) is 2.83. The lowest BCUT2D eigenvalue weighted by Gasteiger charge is -2.39. The first-order valence-electron chi connectivity index (χ1n) is 5.87. The first-order chi connectivity index (χ1) is 8.28. The number of aliphatic hydroxyl groups is 1. The van der Waals surface area contributed by atoms with Crippen molar-refractivity contribution in [2.45, 2.75) is 6.92 Å². The minimum Gasteiger partial charge on any atom is -0.396 e. The second-order valence-corrected chi connectivity index (χ2v) is 4.57. The van der Waals surface area contributed by atoms with Crippen LogP contribution in [-0.4, -0.2) is 34.8 Å². The van der Waals surface area contributed by atoms with Crippen LogP contribution in [0.1, 0.15) is 5.69 Å². The van der Waals surface area contributed by atoms with Gasteiger partial charge in [-0.1, -0.05) is 12.1 Å². The number of aryl methyl sites for hydroxylation is 1. The smallest absolute Gasteiger partial charge is 0.150 e. The zero-order chi connectivity index (χ0) is 11.8. The maximum atomic E-state index is 9.03. The van der Waals surface area contributed by atoms with Gasteiger partial charge in [-0.05, 0) is 19.1 Å². The van der Waals surface area contributed by atoms with Crippen LogP contribution in [0.3, 0.4) is 0 Å². The predicted molar refractivity (Wildman–Crippen MR) is 67.1 cm³/mol. The molecule has 0 unspecified atom stereocenters. The highest BCUT2D eigenvalue weighted by atomic mass is 16.3. The Kier molecular flexibility index (Phi) is 2.44. The van der Waals surface area contributed by atoms with E-state index in [0.29, 0.717) is 5.92 Å². The van der Waals surface area contributed by atoms with Crippen molar-refractivity contribution in [1.82, 2.24) is 9.97 Å². The number of hydrogen-bond acceptors (Lipinski definition) is 4. The Hall–Kier alpha value is -1.68. The van der Waals surface area contributed by atoms with Crippen molar-refractivity contribution in [2.75, 3.05) is 24.6 Å². The predicted octanol–water partition coefficient (Wildman–Crippen LogP) is 1.37. The number of benzene rings is 1. The van der Waals surface area contributed by atoms with Crippen molar-refractivity contribution in [3.8, 4) is 0 Å². The SMILES string of the molecule is Cc1nc2ccccc2nc1N1CC(CO)C1. The van der Waals surface area contributed by atoms with E-state index in [1.165, 1.54) is 0 Å². The summed E-state index contributed by atoms with van der Waals surface area (Å²) in [6, 6.07) is 7.91. The van der Waals surface area contributed by atoms with Crippen LogP contribution in [0, 0.1) is 12.8 Å². The van der Waals surface area contributed by atoms with E-state index in [1.807, 2.05) is 31.2 Å². The van der Waals surface area contributed by atoms with Gasteiger partial charge in [-0.3, -0.25) is 0 Å². The molecule has 0 bridgehead atoms. The number of anilines is 1. The van der Waals surface area contributed by atoms with Crippen LogP contribution in [0.4, 0.5) is 5.82 Å². The molecule has 1 aromatic carbocycles. The van der Waals surface area contributed by atoms with Crippen molar-refractivity contribution >= 4 is 16.9 Å². The summed E-state index contributed by atoms with van der Waals surface area (Å²) in [4.78, 5) is 11.4. The Bertz CT molecular complexity index is 549. The number of rotatable bonds is 2. The molecule has 1 aliphatic rings. The second-order valence-electron chi connectivity index (χ2n) is 4.57. The third-order valence-electron chi connectivity index (χ3n) is 3.23. The van der Waals surface area contributed by atoms with E-state index < -0.39 is 0 Å². The van der Waals surface area contributed by atoms with Gasteiger partial charge >= 0.3 is 0 Å². The summed E-state index contributed by atoms with van der Waals surface area (Å²) >= 11 is 0. The molecular weight excluding hydrogens is 214 g/mol. The Labute approximate surface area is 99.9 Å². The number of para-hydroxylation sites is 2. The molecule has 1 aromatic heterocycles. The lowest BCUT2D eigenvalue weighted by Crippen LogP contribution is -2.49. The van der Waals surface area contributed by atoms with E-state index in [-0.39, 0.29) is 6.61 Å². The number of fused-ring (bicyclic) bond motifs is 1. The third kappa shape index (κ3) is 1.74. The zero-order valence-electron chi connectivity index (χ0n) is 9.80. The van der Waals surface area contributed by atoms with E-state index in [2.05, 4.69) is 14.9 Å². The molecule has 0 amide bonds. The first kappa shape index (κ1) is 10.5. The molecule has 2 aromatic rings. The molecule has 0 atom stereocenters. The molecule has 0 radical (unpaired) electrons. The highest BCUT2D eigenvalue weighted by Gasteiger charge is 2.28. The largest absolute Gasteiger partial charge is 0.396 e. The topological polar surface area (TPSA) is 49.2 Å². The molecule has 0 aliphatic carbocycles. The zero-order valence-corrected chi connectivity index (χ0v) is 9.80. The Morgan fingerprint density at radius 1 is 1.24 bits per heavy atom. The molecule has 1 N–H and O–H groups in total. The third-order valence-corrected chi connectivity index (χ3v) is 3.23. The monoisotopic (exact) mass is 229 g/mol. The van der Waals surface area contributed by atoms with Gasteiger partial charge in [0.2, 0.25) is 0 Å². The standard InChI is InChI=1S/C13H15N3O/c1-9-13(16-6-10(7-16)8-17)15-12-5-3-2-4-11(12)14-9/h2-5,10,17H,6-8H2,1H3. The molecule has 1 aliphatic heterocycles. The van der Waals surface area contributed by atoms with Gasteiger partial charge in [0.25, 0.3) is 0 Å². The van der Waals surface area contributed by atoms with Crippen molar-refractivity contribution in [3.05, 3.63) is 30.0 Å².